The molecule has 4 nitrogen and oxygen atoms in total. The summed E-state index contributed by atoms with van der Waals surface area (Å²) in [5.74, 6) is -0.490. The molecule has 94 valence electrons. The van der Waals surface area contributed by atoms with E-state index in [1.165, 1.54) is 23.5 Å². The molecule has 18 heavy (non-hydrogen) atoms. The summed E-state index contributed by atoms with van der Waals surface area (Å²) < 4.78 is 12.7. The van der Waals surface area contributed by atoms with Gasteiger partial charge in [0, 0.05) is 0 Å². The molecule has 1 amide bonds. The van der Waals surface area contributed by atoms with Crippen molar-refractivity contribution in [3.05, 3.63) is 40.7 Å². The number of amides is 1. The minimum absolute atomic E-state index is 0.180. The van der Waals surface area contributed by atoms with Crippen molar-refractivity contribution in [2.75, 3.05) is 5.32 Å². The van der Waals surface area contributed by atoms with Gasteiger partial charge < -0.3 is 5.32 Å². The van der Waals surface area contributed by atoms with Crippen molar-refractivity contribution < 1.29 is 9.18 Å². The van der Waals surface area contributed by atoms with Gasteiger partial charge in [-0.15, -0.1) is 10.2 Å². The Labute approximate surface area is 108 Å². The topological polar surface area (TPSA) is 54.9 Å². The van der Waals surface area contributed by atoms with E-state index in [-0.39, 0.29) is 18.1 Å². The number of anilines is 1. The first-order chi connectivity index (χ1) is 8.67. The molecule has 1 aromatic heterocycles. The molecule has 0 aliphatic carbocycles. The standard InChI is InChI=1S/C12H12FN3OS/c1-2-11-15-16-12(18-11)14-10(17)7-8-3-5-9(13)6-4-8/h3-6H,2,7H2,1H3,(H,14,16,17). The van der Waals surface area contributed by atoms with E-state index in [2.05, 4.69) is 15.5 Å². The predicted octanol–water partition coefficient (Wildman–Crippen LogP) is 2.42. The van der Waals surface area contributed by atoms with Crippen LogP contribution in [0.3, 0.4) is 0 Å². The maximum atomic E-state index is 12.7. The first kappa shape index (κ1) is 12.6. The lowest BCUT2D eigenvalue weighted by Crippen LogP contribution is -2.14. The number of carbonyl (C=O) groups excluding carboxylic acids is 1. The first-order valence-corrected chi connectivity index (χ1v) is 6.35. The summed E-state index contributed by atoms with van der Waals surface area (Å²) >= 11 is 1.36. The largest absolute Gasteiger partial charge is 0.300 e. The monoisotopic (exact) mass is 265 g/mol. The molecular formula is C12H12FN3OS. The lowest BCUT2D eigenvalue weighted by molar-refractivity contribution is -0.115. The third kappa shape index (κ3) is 3.33. The van der Waals surface area contributed by atoms with Crippen LogP contribution < -0.4 is 5.32 Å². The highest BCUT2D eigenvalue weighted by atomic mass is 32.1. The molecule has 1 heterocycles. The Balaban J connectivity index is 1.94. The molecule has 0 atom stereocenters. The zero-order valence-corrected chi connectivity index (χ0v) is 10.6. The number of rotatable bonds is 4. The van der Waals surface area contributed by atoms with Crippen molar-refractivity contribution in [1.29, 1.82) is 0 Å². The molecule has 6 heteroatoms. The molecule has 0 spiro atoms. The van der Waals surface area contributed by atoms with E-state index in [4.69, 9.17) is 0 Å². The second kappa shape index (κ2) is 5.68. The van der Waals surface area contributed by atoms with Crippen LogP contribution in [-0.2, 0) is 17.6 Å². The number of aryl methyl sites for hydroxylation is 1. The Morgan fingerprint density at radius 2 is 2.06 bits per heavy atom. The highest BCUT2D eigenvalue weighted by Gasteiger charge is 2.08. The third-order valence-electron chi connectivity index (χ3n) is 2.29. The second-order valence-corrected chi connectivity index (χ2v) is 4.77. The fourth-order valence-electron chi connectivity index (χ4n) is 1.40. The van der Waals surface area contributed by atoms with Gasteiger partial charge in [0.1, 0.15) is 10.8 Å². The van der Waals surface area contributed by atoms with E-state index in [0.29, 0.717) is 5.13 Å². The van der Waals surface area contributed by atoms with E-state index in [1.807, 2.05) is 6.92 Å². The van der Waals surface area contributed by atoms with Crippen LogP contribution in [0.15, 0.2) is 24.3 Å². The van der Waals surface area contributed by atoms with Gasteiger partial charge in [-0.05, 0) is 24.1 Å². The zero-order chi connectivity index (χ0) is 13.0. The molecule has 0 saturated carbocycles. The molecule has 2 rings (SSSR count). The molecule has 1 N–H and O–H groups in total. The summed E-state index contributed by atoms with van der Waals surface area (Å²) in [4.78, 5) is 11.7. The molecule has 0 radical (unpaired) electrons. The minimum atomic E-state index is -0.309. The van der Waals surface area contributed by atoms with Crippen LogP contribution in [0.4, 0.5) is 9.52 Å². The molecule has 0 aliphatic rings. The number of hydrogen-bond acceptors (Lipinski definition) is 4. The third-order valence-corrected chi connectivity index (χ3v) is 3.28. The SMILES string of the molecule is CCc1nnc(NC(=O)Cc2ccc(F)cc2)s1. The average Bonchev–Trinajstić information content (AvgIpc) is 2.79. The van der Waals surface area contributed by atoms with E-state index in [0.717, 1.165) is 17.0 Å². The smallest absolute Gasteiger partial charge is 0.230 e. The number of nitrogens with zero attached hydrogens (tertiary/aromatic N) is 2. The molecule has 0 aliphatic heterocycles. The summed E-state index contributed by atoms with van der Waals surface area (Å²) in [7, 11) is 0. The summed E-state index contributed by atoms with van der Waals surface area (Å²) in [6.45, 7) is 1.98. The molecule has 2 aromatic rings. The molecular weight excluding hydrogens is 253 g/mol. The van der Waals surface area contributed by atoms with Gasteiger partial charge in [-0.1, -0.05) is 30.4 Å². The van der Waals surface area contributed by atoms with Gasteiger partial charge in [-0.2, -0.15) is 0 Å². The summed E-state index contributed by atoms with van der Waals surface area (Å²) in [5, 5.41) is 11.8. The van der Waals surface area contributed by atoms with Crippen LogP contribution in [-0.4, -0.2) is 16.1 Å². The Morgan fingerprint density at radius 1 is 1.33 bits per heavy atom. The maximum Gasteiger partial charge on any atom is 0.230 e. The summed E-state index contributed by atoms with van der Waals surface area (Å²) in [5.41, 5.74) is 0.758. The van der Waals surface area contributed by atoms with E-state index >= 15 is 0 Å². The second-order valence-electron chi connectivity index (χ2n) is 3.71. The number of hydrogen-bond donors (Lipinski definition) is 1. The van der Waals surface area contributed by atoms with Crippen LogP contribution in [0.2, 0.25) is 0 Å². The fraction of sp³-hybridized carbons (Fsp3) is 0.250. The molecule has 0 unspecified atom stereocenters. The van der Waals surface area contributed by atoms with Gasteiger partial charge >= 0.3 is 0 Å². The van der Waals surface area contributed by atoms with Crippen molar-refractivity contribution in [3.63, 3.8) is 0 Å². The van der Waals surface area contributed by atoms with Crippen LogP contribution in [0.1, 0.15) is 17.5 Å². The Hall–Kier alpha value is -1.82. The van der Waals surface area contributed by atoms with Crippen LogP contribution >= 0.6 is 11.3 Å². The normalized spacial score (nSPS) is 10.3. The highest BCUT2D eigenvalue weighted by molar-refractivity contribution is 7.15. The zero-order valence-electron chi connectivity index (χ0n) is 9.81. The van der Waals surface area contributed by atoms with E-state index < -0.39 is 0 Å². The van der Waals surface area contributed by atoms with Crippen molar-refractivity contribution in [3.8, 4) is 0 Å². The lowest BCUT2D eigenvalue weighted by Gasteiger charge is -2.01. The summed E-state index contributed by atoms with van der Waals surface area (Å²) in [6.07, 6.45) is 0.993. The summed E-state index contributed by atoms with van der Waals surface area (Å²) in [6, 6.07) is 5.85. The van der Waals surface area contributed by atoms with Crippen LogP contribution in [0, 0.1) is 5.82 Å². The predicted molar refractivity (Wildman–Crippen MR) is 68.0 cm³/mol. The lowest BCUT2D eigenvalue weighted by atomic mass is 10.1. The van der Waals surface area contributed by atoms with E-state index in [9.17, 15) is 9.18 Å². The fourth-order valence-corrected chi connectivity index (χ4v) is 2.09. The first-order valence-electron chi connectivity index (χ1n) is 5.54. The molecule has 0 bridgehead atoms. The number of halogens is 1. The Bertz CT molecular complexity index is 539. The minimum Gasteiger partial charge on any atom is -0.300 e. The van der Waals surface area contributed by atoms with Crippen molar-refractivity contribution in [1.82, 2.24) is 10.2 Å². The molecule has 1 aromatic carbocycles. The number of aromatic nitrogens is 2. The number of benzene rings is 1. The quantitative estimate of drug-likeness (QED) is 0.923. The molecule has 0 fully saturated rings. The average molecular weight is 265 g/mol. The highest BCUT2D eigenvalue weighted by Crippen LogP contribution is 2.15. The van der Waals surface area contributed by atoms with Crippen molar-refractivity contribution in [2.24, 2.45) is 0 Å². The van der Waals surface area contributed by atoms with Gasteiger partial charge in [0.2, 0.25) is 11.0 Å². The van der Waals surface area contributed by atoms with Gasteiger partial charge in [0.25, 0.3) is 0 Å². The van der Waals surface area contributed by atoms with Gasteiger partial charge in [0.05, 0.1) is 6.42 Å². The Morgan fingerprint density at radius 3 is 2.67 bits per heavy atom. The number of nitrogens with one attached hydrogen (secondary N) is 1. The van der Waals surface area contributed by atoms with Gasteiger partial charge in [-0.25, -0.2) is 4.39 Å². The number of carbonyl (C=O) groups is 1. The van der Waals surface area contributed by atoms with Crippen LogP contribution in [0.5, 0.6) is 0 Å². The maximum absolute atomic E-state index is 12.7. The van der Waals surface area contributed by atoms with Gasteiger partial charge in [0.15, 0.2) is 0 Å². The molecule has 0 saturated heterocycles. The Kier molecular flexibility index (Phi) is 3.99. The van der Waals surface area contributed by atoms with Gasteiger partial charge in [-0.3, -0.25) is 4.79 Å². The van der Waals surface area contributed by atoms with Crippen molar-refractivity contribution >= 4 is 22.4 Å². The van der Waals surface area contributed by atoms with Crippen molar-refractivity contribution in [2.45, 2.75) is 19.8 Å². The van der Waals surface area contributed by atoms with Crippen LogP contribution in [0.25, 0.3) is 0 Å². The van der Waals surface area contributed by atoms with E-state index in [1.54, 1.807) is 12.1 Å².